The van der Waals surface area contributed by atoms with Gasteiger partial charge in [0.1, 0.15) is 6.10 Å². The minimum absolute atomic E-state index is 0.00462. The Morgan fingerprint density at radius 2 is 2.28 bits per heavy atom. The van der Waals surface area contributed by atoms with Gasteiger partial charge in [0, 0.05) is 53.2 Å². The van der Waals surface area contributed by atoms with Crippen molar-refractivity contribution in [3.63, 3.8) is 0 Å². The monoisotopic (exact) mass is 369 g/mol. The van der Waals surface area contributed by atoms with Gasteiger partial charge < -0.3 is 15.0 Å². The second-order valence-electron chi connectivity index (χ2n) is 7.15. The zero-order chi connectivity index (χ0) is 18.4. The van der Waals surface area contributed by atoms with E-state index < -0.39 is 10.8 Å². The van der Waals surface area contributed by atoms with Crippen LogP contribution in [0.1, 0.15) is 39.4 Å². The van der Waals surface area contributed by atoms with Crippen molar-refractivity contribution in [2.75, 3.05) is 38.5 Å². The SMILES string of the molecule is CCNC(=NCCS(=O)C(C)(C)C)N1CCOC(c2cnn(C)c2)C1. The minimum atomic E-state index is -0.886. The lowest BCUT2D eigenvalue weighted by atomic mass is 10.1. The summed E-state index contributed by atoms with van der Waals surface area (Å²) in [4.78, 5) is 6.90. The summed E-state index contributed by atoms with van der Waals surface area (Å²) in [6, 6.07) is 0. The molecule has 7 nitrogen and oxygen atoms in total. The summed E-state index contributed by atoms with van der Waals surface area (Å²) < 4.78 is 19.7. The maximum absolute atomic E-state index is 12.2. The maximum atomic E-state index is 12.2. The average molecular weight is 370 g/mol. The summed E-state index contributed by atoms with van der Waals surface area (Å²) in [5.74, 6) is 1.44. The molecule has 0 spiro atoms. The highest BCUT2D eigenvalue weighted by Gasteiger charge is 2.25. The smallest absolute Gasteiger partial charge is 0.194 e. The Kier molecular flexibility index (Phi) is 7.01. The van der Waals surface area contributed by atoms with E-state index in [1.165, 1.54) is 0 Å². The lowest BCUT2D eigenvalue weighted by Gasteiger charge is -2.34. The predicted octanol–water partition coefficient (Wildman–Crippen LogP) is 1.31. The predicted molar refractivity (Wildman–Crippen MR) is 102 cm³/mol. The van der Waals surface area contributed by atoms with Gasteiger partial charge in [0.25, 0.3) is 0 Å². The summed E-state index contributed by atoms with van der Waals surface area (Å²) in [5, 5.41) is 7.57. The topological polar surface area (TPSA) is 71.8 Å². The van der Waals surface area contributed by atoms with Crippen LogP contribution in [0, 0.1) is 0 Å². The van der Waals surface area contributed by atoms with Crippen LogP contribution in [0.15, 0.2) is 17.4 Å². The zero-order valence-corrected chi connectivity index (χ0v) is 16.8. The molecule has 2 unspecified atom stereocenters. The fourth-order valence-corrected chi connectivity index (χ4v) is 3.49. The summed E-state index contributed by atoms with van der Waals surface area (Å²) in [6.45, 7) is 11.6. The lowest BCUT2D eigenvalue weighted by Crippen LogP contribution is -2.48. The van der Waals surface area contributed by atoms with Crippen LogP contribution in [-0.4, -0.2) is 68.1 Å². The van der Waals surface area contributed by atoms with Crippen LogP contribution in [0.3, 0.4) is 0 Å². The molecule has 1 N–H and O–H groups in total. The Labute approximate surface area is 153 Å². The van der Waals surface area contributed by atoms with Gasteiger partial charge in [0.2, 0.25) is 0 Å². The van der Waals surface area contributed by atoms with E-state index in [2.05, 4.69) is 27.2 Å². The molecule has 2 rings (SSSR count). The van der Waals surface area contributed by atoms with Crippen molar-refractivity contribution in [1.29, 1.82) is 0 Å². The van der Waals surface area contributed by atoms with Crippen molar-refractivity contribution >= 4 is 16.8 Å². The largest absolute Gasteiger partial charge is 0.370 e. The number of aliphatic imine (C=N–C) groups is 1. The summed E-state index contributed by atoms with van der Waals surface area (Å²) >= 11 is 0. The molecular weight excluding hydrogens is 338 g/mol. The van der Waals surface area contributed by atoms with E-state index in [-0.39, 0.29) is 10.9 Å². The van der Waals surface area contributed by atoms with Crippen LogP contribution in [-0.2, 0) is 22.6 Å². The Morgan fingerprint density at radius 3 is 2.88 bits per heavy atom. The average Bonchev–Trinajstić information content (AvgIpc) is 2.99. The fourth-order valence-electron chi connectivity index (χ4n) is 2.62. The van der Waals surface area contributed by atoms with Crippen LogP contribution in [0.5, 0.6) is 0 Å². The Morgan fingerprint density at radius 1 is 1.52 bits per heavy atom. The van der Waals surface area contributed by atoms with Gasteiger partial charge in [-0.3, -0.25) is 13.9 Å². The molecule has 1 saturated heterocycles. The zero-order valence-electron chi connectivity index (χ0n) is 16.0. The number of aromatic nitrogens is 2. The molecule has 8 heteroatoms. The van der Waals surface area contributed by atoms with E-state index in [1.54, 1.807) is 4.68 Å². The van der Waals surface area contributed by atoms with Crippen LogP contribution < -0.4 is 5.32 Å². The number of guanidine groups is 1. The number of rotatable bonds is 5. The molecule has 1 aromatic rings. The molecule has 1 aliphatic rings. The highest BCUT2D eigenvalue weighted by molar-refractivity contribution is 7.86. The Bertz CT molecular complexity index is 608. The van der Waals surface area contributed by atoms with Gasteiger partial charge in [-0.05, 0) is 27.7 Å². The normalized spacial score (nSPS) is 20.6. The van der Waals surface area contributed by atoms with Gasteiger partial charge in [-0.2, -0.15) is 5.10 Å². The molecule has 0 saturated carbocycles. The third kappa shape index (κ3) is 5.81. The fraction of sp³-hybridized carbons (Fsp3) is 0.765. The number of hydrogen-bond acceptors (Lipinski definition) is 4. The van der Waals surface area contributed by atoms with Crippen molar-refractivity contribution in [3.05, 3.63) is 18.0 Å². The van der Waals surface area contributed by atoms with Gasteiger partial charge in [-0.25, -0.2) is 0 Å². The maximum Gasteiger partial charge on any atom is 0.194 e. The van der Waals surface area contributed by atoms with Crippen molar-refractivity contribution in [2.24, 2.45) is 12.0 Å². The molecular formula is C17H31N5O2S. The Balaban J connectivity index is 2.00. The second-order valence-corrected chi connectivity index (χ2v) is 9.47. The Hall–Kier alpha value is -1.41. The lowest BCUT2D eigenvalue weighted by molar-refractivity contribution is -0.00802. The van der Waals surface area contributed by atoms with E-state index in [0.717, 1.165) is 31.2 Å². The standard InChI is InChI=1S/C17H31N5O2S/c1-6-18-16(19-7-10-25(23)17(2,3)4)22-8-9-24-15(13-22)14-11-20-21(5)12-14/h11-12,15H,6-10,13H2,1-5H3,(H,18,19). The number of nitrogens with zero attached hydrogens (tertiary/aromatic N) is 4. The molecule has 1 fully saturated rings. The molecule has 1 aromatic heterocycles. The van der Waals surface area contributed by atoms with Gasteiger partial charge in [0.15, 0.2) is 5.96 Å². The number of hydrogen-bond donors (Lipinski definition) is 1. The van der Waals surface area contributed by atoms with E-state index in [4.69, 9.17) is 4.74 Å². The van der Waals surface area contributed by atoms with Crippen molar-refractivity contribution in [1.82, 2.24) is 20.0 Å². The number of morpholine rings is 1. The first-order chi connectivity index (χ1) is 11.8. The molecule has 2 atom stereocenters. The first-order valence-corrected chi connectivity index (χ1v) is 10.1. The molecule has 25 heavy (non-hydrogen) atoms. The van der Waals surface area contributed by atoms with Crippen LogP contribution >= 0.6 is 0 Å². The van der Waals surface area contributed by atoms with Gasteiger partial charge in [0.05, 0.1) is 25.9 Å². The van der Waals surface area contributed by atoms with E-state index in [1.807, 2.05) is 40.2 Å². The summed E-state index contributed by atoms with van der Waals surface area (Å²) in [5.41, 5.74) is 1.08. The summed E-state index contributed by atoms with van der Waals surface area (Å²) in [7, 11) is 1.02. The third-order valence-corrected chi connectivity index (χ3v) is 5.94. The van der Waals surface area contributed by atoms with Crippen molar-refractivity contribution in [2.45, 2.75) is 38.5 Å². The first-order valence-electron chi connectivity index (χ1n) is 8.83. The van der Waals surface area contributed by atoms with Crippen LogP contribution in [0.4, 0.5) is 0 Å². The molecule has 1 aliphatic heterocycles. The first kappa shape index (κ1) is 19.9. The molecule has 142 valence electrons. The summed E-state index contributed by atoms with van der Waals surface area (Å²) in [6.07, 6.45) is 3.84. The van der Waals surface area contributed by atoms with Crippen LogP contribution in [0.25, 0.3) is 0 Å². The molecule has 0 radical (unpaired) electrons. The van der Waals surface area contributed by atoms with Gasteiger partial charge in [-0.15, -0.1) is 0 Å². The second kappa shape index (κ2) is 8.80. The highest BCUT2D eigenvalue weighted by Crippen LogP contribution is 2.21. The quantitative estimate of drug-likeness (QED) is 0.626. The van der Waals surface area contributed by atoms with Gasteiger partial charge in [-0.1, -0.05) is 0 Å². The van der Waals surface area contributed by atoms with E-state index in [9.17, 15) is 4.21 Å². The molecule has 0 aromatic carbocycles. The van der Waals surface area contributed by atoms with E-state index in [0.29, 0.717) is 18.9 Å². The third-order valence-electron chi connectivity index (χ3n) is 4.02. The van der Waals surface area contributed by atoms with E-state index >= 15 is 0 Å². The van der Waals surface area contributed by atoms with Crippen molar-refractivity contribution in [3.8, 4) is 0 Å². The molecule has 2 heterocycles. The highest BCUT2D eigenvalue weighted by atomic mass is 32.2. The number of ether oxygens (including phenoxy) is 1. The van der Waals surface area contributed by atoms with Gasteiger partial charge >= 0.3 is 0 Å². The molecule has 0 amide bonds. The van der Waals surface area contributed by atoms with Crippen molar-refractivity contribution < 1.29 is 8.95 Å². The van der Waals surface area contributed by atoms with Crippen LogP contribution in [0.2, 0.25) is 0 Å². The minimum Gasteiger partial charge on any atom is -0.370 e. The number of aryl methyl sites for hydroxylation is 1. The molecule has 0 bridgehead atoms. The number of nitrogens with one attached hydrogen (secondary N) is 1. The molecule has 0 aliphatic carbocycles.